The highest BCUT2D eigenvalue weighted by Gasteiger charge is 2.25. The van der Waals surface area contributed by atoms with Gasteiger partial charge in [0, 0.05) is 37.5 Å². The van der Waals surface area contributed by atoms with Gasteiger partial charge in [-0.25, -0.2) is 4.98 Å². The third-order valence-electron chi connectivity index (χ3n) is 7.79. The average molecular weight is 675 g/mol. The number of benzene rings is 1. The van der Waals surface area contributed by atoms with E-state index in [0.717, 1.165) is 55.6 Å². The molecule has 3 aromatic rings. The van der Waals surface area contributed by atoms with Gasteiger partial charge in [-0.2, -0.15) is 4.98 Å². The van der Waals surface area contributed by atoms with E-state index < -0.39 is 25.8 Å². The van der Waals surface area contributed by atoms with Crippen LogP contribution in [0, 0.1) is 0 Å². The van der Waals surface area contributed by atoms with Crippen molar-refractivity contribution in [3.05, 3.63) is 36.2 Å². The first-order chi connectivity index (χ1) is 22.6. The number of aryl methyl sites for hydroxylation is 1. The van der Waals surface area contributed by atoms with E-state index in [1.807, 2.05) is 42.2 Å². The smallest absolute Gasteiger partial charge is 0.344 e. The maximum atomic E-state index is 12.8. The van der Waals surface area contributed by atoms with Crippen molar-refractivity contribution in [2.24, 2.45) is 5.73 Å². The Kier molecular flexibility index (Phi) is 13.8. The zero-order chi connectivity index (χ0) is 33.6. The summed E-state index contributed by atoms with van der Waals surface area (Å²) in [6.45, 7) is 5.19. The second kappa shape index (κ2) is 18.0. The number of hydrogen-bond acceptors (Lipinski definition) is 12. The summed E-state index contributed by atoms with van der Waals surface area (Å²) < 4.78 is 12.8. The molecule has 4 rings (SSSR count). The summed E-state index contributed by atoms with van der Waals surface area (Å²) in [7, 11) is -2.42. The van der Waals surface area contributed by atoms with Gasteiger partial charge in [0.05, 0.1) is 24.3 Å². The van der Waals surface area contributed by atoms with E-state index in [4.69, 9.17) is 20.5 Å². The minimum atomic E-state index is -4.38. The average Bonchev–Trinajstić information content (AvgIpc) is 3.52. The van der Waals surface area contributed by atoms with Crippen molar-refractivity contribution < 1.29 is 23.9 Å². The van der Waals surface area contributed by atoms with Crippen molar-refractivity contribution in [1.29, 1.82) is 0 Å². The lowest BCUT2D eigenvalue weighted by Gasteiger charge is -2.33. The molecule has 1 fully saturated rings. The van der Waals surface area contributed by atoms with Gasteiger partial charge in [0.1, 0.15) is 17.8 Å². The first kappa shape index (κ1) is 36.1. The van der Waals surface area contributed by atoms with Gasteiger partial charge in [0.15, 0.2) is 0 Å². The van der Waals surface area contributed by atoms with Crippen LogP contribution in [0.4, 0.5) is 11.8 Å². The highest BCUT2D eigenvalue weighted by molar-refractivity contribution is 7.51. The number of aromatic nitrogens is 5. The number of nitrogens with zero attached hydrogens (tertiary/aromatic N) is 6. The van der Waals surface area contributed by atoms with Crippen LogP contribution in [0.15, 0.2) is 30.5 Å². The number of likely N-dealkylation sites (tertiary alicyclic amines) is 1. The molecular formula is C29H47N12O5P. The van der Waals surface area contributed by atoms with Crippen LogP contribution in [0.3, 0.4) is 0 Å². The van der Waals surface area contributed by atoms with Crippen LogP contribution >= 0.6 is 7.60 Å². The molecule has 2 aromatic heterocycles. The topological polar surface area (TPSA) is 238 Å². The fourth-order valence-electron chi connectivity index (χ4n) is 5.19. The molecule has 9 N–H and O–H groups in total. The predicted octanol–water partition coefficient (Wildman–Crippen LogP) is 0.184. The van der Waals surface area contributed by atoms with Gasteiger partial charge in [-0.05, 0) is 70.9 Å². The lowest BCUT2D eigenvalue weighted by atomic mass is 10.0. The maximum absolute atomic E-state index is 12.8. The second-order valence-electron chi connectivity index (χ2n) is 11.6. The molecule has 0 bridgehead atoms. The molecule has 0 spiro atoms. The SMILES string of the molecule is CNCCCNCCCn1cc(CNc2nc(NC3CCN(C(=O)CC[C@H](N)C(=O)NCP(=O)(O)O)CC3)c3ccccc3n2)nn1. The summed E-state index contributed by atoms with van der Waals surface area (Å²) in [4.78, 5) is 53.8. The minimum absolute atomic E-state index is 0.0658. The highest BCUT2D eigenvalue weighted by Crippen LogP contribution is 2.32. The van der Waals surface area contributed by atoms with Crippen molar-refractivity contribution in [3.8, 4) is 0 Å². The molecule has 1 atom stereocenters. The van der Waals surface area contributed by atoms with E-state index >= 15 is 0 Å². The number of nitrogens with two attached hydrogens (primary N) is 1. The number of piperidine rings is 1. The highest BCUT2D eigenvalue weighted by atomic mass is 31.2. The number of anilines is 2. The number of hydrogen-bond donors (Lipinski definition) is 8. The van der Waals surface area contributed by atoms with Crippen LogP contribution in [0.5, 0.6) is 0 Å². The Morgan fingerprint density at radius 3 is 2.64 bits per heavy atom. The lowest BCUT2D eigenvalue weighted by molar-refractivity contribution is -0.132. The van der Waals surface area contributed by atoms with Crippen LogP contribution in [-0.2, 0) is 27.2 Å². The van der Waals surface area contributed by atoms with E-state index in [1.165, 1.54) is 0 Å². The Morgan fingerprint density at radius 1 is 1.11 bits per heavy atom. The molecule has 3 heterocycles. The van der Waals surface area contributed by atoms with Crippen LogP contribution in [0.2, 0.25) is 0 Å². The summed E-state index contributed by atoms with van der Waals surface area (Å²) in [5.74, 6) is 0.368. The lowest BCUT2D eigenvalue weighted by Crippen LogP contribution is -2.44. The van der Waals surface area contributed by atoms with Gasteiger partial charge in [-0.1, -0.05) is 17.3 Å². The Bertz CT molecular complexity index is 1490. The van der Waals surface area contributed by atoms with E-state index in [9.17, 15) is 14.2 Å². The molecule has 0 radical (unpaired) electrons. The van der Waals surface area contributed by atoms with E-state index in [0.29, 0.717) is 44.2 Å². The number of carbonyl (C=O) groups excluding carboxylic acids is 2. The van der Waals surface area contributed by atoms with Crippen LogP contribution in [-0.4, -0.2) is 110 Å². The van der Waals surface area contributed by atoms with Crippen molar-refractivity contribution in [1.82, 2.24) is 45.8 Å². The molecule has 1 saturated heterocycles. The monoisotopic (exact) mass is 674 g/mol. The van der Waals surface area contributed by atoms with Gasteiger partial charge in [0.25, 0.3) is 0 Å². The summed E-state index contributed by atoms with van der Waals surface area (Å²) in [5.41, 5.74) is 7.40. The Morgan fingerprint density at radius 2 is 1.87 bits per heavy atom. The molecule has 1 aliphatic rings. The number of carbonyl (C=O) groups is 2. The molecule has 2 amide bonds. The van der Waals surface area contributed by atoms with Crippen molar-refractivity contribution in [2.45, 2.75) is 63.7 Å². The molecule has 0 unspecified atom stereocenters. The summed E-state index contributed by atoms with van der Waals surface area (Å²) in [6.07, 6.45) is 4.76. The molecule has 1 aromatic carbocycles. The molecule has 18 heteroatoms. The van der Waals surface area contributed by atoms with Gasteiger partial charge in [0.2, 0.25) is 17.8 Å². The summed E-state index contributed by atoms with van der Waals surface area (Å²) >= 11 is 0. The number of amides is 2. The van der Waals surface area contributed by atoms with Crippen LogP contribution in [0.1, 0.15) is 44.2 Å². The molecule has 17 nitrogen and oxygen atoms in total. The molecule has 47 heavy (non-hydrogen) atoms. The number of para-hydroxylation sites is 1. The third-order valence-corrected chi connectivity index (χ3v) is 8.36. The van der Waals surface area contributed by atoms with Gasteiger partial charge in [-0.3, -0.25) is 18.8 Å². The summed E-state index contributed by atoms with van der Waals surface area (Å²) in [6, 6.07) is 6.84. The van der Waals surface area contributed by atoms with Crippen molar-refractivity contribution >= 4 is 42.1 Å². The summed E-state index contributed by atoms with van der Waals surface area (Å²) in [5, 5.41) is 24.9. The molecular weight excluding hydrogens is 627 g/mol. The first-order valence-corrected chi connectivity index (χ1v) is 17.8. The van der Waals surface area contributed by atoms with Crippen LogP contribution < -0.4 is 32.3 Å². The third kappa shape index (κ3) is 12.1. The zero-order valence-corrected chi connectivity index (χ0v) is 27.7. The normalized spacial score (nSPS) is 14.7. The molecule has 258 valence electrons. The molecule has 0 saturated carbocycles. The standard InChI is InChI=1S/C29H47N12O5P/c1-31-12-4-13-32-14-5-15-41-19-22(38-39-41)18-33-29-36-25-7-3-2-6-23(25)27(37-29)35-21-10-16-40(17-11-21)26(42)9-8-24(30)28(43)34-20-47(44,45)46/h2-3,6-7,19,21,24,31-32H,4-5,8-18,20,30H2,1H3,(H,34,43)(H2,44,45,46)(H2,33,35,36,37)/t24-/m0/s1. The number of rotatable bonds is 19. The number of fused-ring (bicyclic) bond motifs is 1. The van der Waals surface area contributed by atoms with E-state index in [1.54, 1.807) is 4.90 Å². The first-order valence-electron chi connectivity index (χ1n) is 16.0. The predicted molar refractivity (Wildman–Crippen MR) is 178 cm³/mol. The van der Waals surface area contributed by atoms with Gasteiger partial charge < -0.3 is 47.0 Å². The van der Waals surface area contributed by atoms with Crippen LogP contribution in [0.25, 0.3) is 10.9 Å². The Balaban J connectivity index is 1.24. The zero-order valence-electron chi connectivity index (χ0n) is 26.8. The Hall–Kier alpha value is -3.73. The van der Waals surface area contributed by atoms with Gasteiger partial charge >= 0.3 is 7.60 Å². The van der Waals surface area contributed by atoms with E-state index in [-0.39, 0.29) is 24.8 Å². The van der Waals surface area contributed by atoms with Crippen molar-refractivity contribution in [2.75, 3.05) is 56.7 Å². The van der Waals surface area contributed by atoms with E-state index in [2.05, 4.69) is 41.9 Å². The second-order valence-corrected chi connectivity index (χ2v) is 13.3. The van der Waals surface area contributed by atoms with Gasteiger partial charge in [-0.15, -0.1) is 5.10 Å². The molecule has 1 aliphatic heterocycles. The largest absolute Gasteiger partial charge is 0.367 e. The fourth-order valence-corrected chi connectivity index (χ4v) is 5.55. The number of nitrogens with one attached hydrogen (secondary N) is 5. The fraction of sp³-hybridized carbons (Fsp3) is 0.586. The minimum Gasteiger partial charge on any atom is -0.367 e. The Labute approximate surface area is 274 Å². The maximum Gasteiger partial charge on any atom is 0.344 e. The molecule has 0 aliphatic carbocycles. The van der Waals surface area contributed by atoms with Crippen molar-refractivity contribution in [3.63, 3.8) is 0 Å². The quantitative estimate of drug-likeness (QED) is 0.0626.